The van der Waals surface area contributed by atoms with Crippen LogP contribution in [0.25, 0.3) is 0 Å². The van der Waals surface area contributed by atoms with Gasteiger partial charge in [0.25, 0.3) is 5.91 Å². The van der Waals surface area contributed by atoms with Crippen molar-refractivity contribution in [2.45, 2.75) is 33.2 Å². The molecule has 0 aliphatic heterocycles. The molecule has 0 heterocycles. The maximum absolute atomic E-state index is 12.4. The Hall–Kier alpha value is -2.75. The third-order valence-electron chi connectivity index (χ3n) is 3.22. The zero-order valence-corrected chi connectivity index (χ0v) is 14.2. The van der Waals surface area contributed by atoms with Gasteiger partial charge in [0.1, 0.15) is 11.8 Å². The van der Waals surface area contributed by atoms with E-state index in [2.05, 4.69) is 5.32 Å². The largest absolute Gasteiger partial charge is 0.508 e. The van der Waals surface area contributed by atoms with E-state index in [0.29, 0.717) is 0 Å². The van der Waals surface area contributed by atoms with Gasteiger partial charge in [-0.1, -0.05) is 26.0 Å². The molecule has 0 radical (unpaired) electrons. The fraction of sp³-hybridized carbons (Fsp3) is 0.471. The van der Waals surface area contributed by atoms with Crippen LogP contribution in [0.3, 0.4) is 0 Å². The fourth-order valence-corrected chi connectivity index (χ4v) is 1.96. The molecule has 0 saturated heterocycles. The van der Waals surface area contributed by atoms with Gasteiger partial charge in [-0.2, -0.15) is 5.26 Å². The van der Waals surface area contributed by atoms with E-state index in [4.69, 9.17) is 10.00 Å². The second kappa shape index (κ2) is 9.40. The summed E-state index contributed by atoms with van der Waals surface area (Å²) in [6.07, 6.45) is 1.29. The summed E-state index contributed by atoms with van der Waals surface area (Å²) in [4.78, 5) is 25.3. The number of amides is 2. The summed E-state index contributed by atoms with van der Waals surface area (Å²) in [5.41, 5.74) is 0.740. The SMILES string of the molecule is CCN(C#N)C(=O)C(Cc1ccc(O)cc1)NC(=O)OCC(C)C. The van der Waals surface area contributed by atoms with Crippen molar-refractivity contribution in [3.63, 3.8) is 0 Å². The molecule has 0 bridgehead atoms. The van der Waals surface area contributed by atoms with Gasteiger partial charge >= 0.3 is 6.09 Å². The first kappa shape index (κ1) is 19.3. The molecule has 2 N–H and O–H groups in total. The number of phenolic OH excluding ortho intramolecular Hbond substituents is 1. The summed E-state index contributed by atoms with van der Waals surface area (Å²) in [7, 11) is 0. The van der Waals surface area contributed by atoms with E-state index in [0.717, 1.165) is 10.5 Å². The predicted octanol–water partition coefficient (Wildman–Crippen LogP) is 2.02. The van der Waals surface area contributed by atoms with E-state index < -0.39 is 18.0 Å². The van der Waals surface area contributed by atoms with Gasteiger partial charge in [-0.3, -0.25) is 4.79 Å². The lowest BCUT2D eigenvalue weighted by molar-refractivity contribution is -0.130. The highest BCUT2D eigenvalue weighted by molar-refractivity contribution is 5.87. The molecule has 0 spiro atoms. The van der Waals surface area contributed by atoms with Gasteiger partial charge in [0.2, 0.25) is 0 Å². The van der Waals surface area contributed by atoms with Crippen LogP contribution in [0.2, 0.25) is 0 Å². The second-order valence-electron chi connectivity index (χ2n) is 5.74. The Morgan fingerprint density at radius 1 is 1.33 bits per heavy atom. The quantitative estimate of drug-likeness (QED) is 0.587. The monoisotopic (exact) mass is 333 g/mol. The summed E-state index contributed by atoms with van der Waals surface area (Å²) in [5, 5.41) is 20.9. The molecule has 1 aromatic rings. The van der Waals surface area contributed by atoms with Gasteiger partial charge in [-0.15, -0.1) is 0 Å². The van der Waals surface area contributed by atoms with Crippen LogP contribution in [0.4, 0.5) is 4.79 Å². The average molecular weight is 333 g/mol. The number of hydrogen-bond acceptors (Lipinski definition) is 5. The molecule has 1 unspecified atom stereocenters. The molecule has 0 aliphatic carbocycles. The summed E-state index contributed by atoms with van der Waals surface area (Å²) < 4.78 is 5.04. The summed E-state index contributed by atoms with van der Waals surface area (Å²) in [6.45, 7) is 5.93. The lowest BCUT2D eigenvalue weighted by atomic mass is 10.0. The van der Waals surface area contributed by atoms with Crippen LogP contribution in [0.1, 0.15) is 26.3 Å². The Bertz CT molecular complexity index is 593. The van der Waals surface area contributed by atoms with Crippen LogP contribution >= 0.6 is 0 Å². The Balaban J connectivity index is 2.86. The Labute approximate surface area is 141 Å². The highest BCUT2D eigenvalue weighted by atomic mass is 16.5. The Morgan fingerprint density at radius 2 is 1.96 bits per heavy atom. The minimum atomic E-state index is -0.922. The average Bonchev–Trinajstić information content (AvgIpc) is 2.55. The molecule has 24 heavy (non-hydrogen) atoms. The first-order chi connectivity index (χ1) is 11.4. The second-order valence-corrected chi connectivity index (χ2v) is 5.74. The van der Waals surface area contributed by atoms with Gasteiger partial charge in [0.15, 0.2) is 6.19 Å². The van der Waals surface area contributed by atoms with Gasteiger partial charge in [-0.05, 0) is 30.5 Å². The third-order valence-corrected chi connectivity index (χ3v) is 3.22. The first-order valence-corrected chi connectivity index (χ1v) is 7.79. The lowest BCUT2D eigenvalue weighted by Gasteiger charge is -2.21. The van der Waals surface area contributed by atoms with E-state index in [1.165, 1.54) is 12.1 Å². The van der Waals surface area contributed by atoms with E-state index >= 15 is 0 Å². The minimum Gasteiger partial charge on any atom is -0.508 e. The van der Waals surface area contributed by atoms with Crippen LogP contribution < -0.4 is 5.32 Å². The number of phenols is 1. The van der Waals surface area contributed by atoms with Gasteiger partial charge in [-0.25, -0.2) is 9.69 Å². The molecule has 130 valence electrons. The van der Waals surface area contributed by atoms with Crippen molar-refractivity contribution >= 4 is 12.0 Å². The molecule has 1 atom stereocenters. The molecule has 0 saturated carbocycles. The zero-order chi connectivity index (χ0) is 18.1. The normalized spacial score (nSPS) is 11.5. The number of rotatable bonds is 7. The van der Waals surface area contributed by atoms with Gasteiger partial charge < -0.3 is 15.2 Å². The summed E-state index contributed by atoms with van der Waals surface area (Å²) >= 11 is 0. The van der Waals surface area contributed by atoms with Crippen molar-refractivity contribution in [3.05, 3.63) is 29.8 Å². The number of likely N-dealkylation sites (N-methyl/N-ethyl adjacent to an activating group) is 1. The molecule has 0 fully saturated rings. The lowest BCUT2D eigenvalue weighted by Crippen LogP contribution is -2.48. The number of hydrogen-bond donors (Lipinski definition) is 2. The number of nitrogens with one attached hydrogen (secondary N) is 1. The van der Waals surface area contributed by atoms with Crippen molar-refractivity contribution in [1.29, 1.82) is 5.26 Å². The van der Waals surface area contributed by atoms with Crippen molar-refractivity contribution < 1.29 is 19.4 Å². The van der Waals surface area contributed by atoms with Gasteiger partial charge in [0.05, 0.1) is 6.61 Å². The number of carbonyl (C=O) groups is 2. The van der Waals surface area contributed by atoms with E-state index in [1.807, 2.05) is 13.8 Å². The highest BCUT2D eigenvalue weighted by Crippen LogP contribution is 2.12. The van der Waals surface area contributed by atoms with E-state index in [-0.39, 0.29) is 31.2 Å². The number of ether oxygens (including phenoxy) is 1. The van der Waals surface area contributed by atoms with Crippen molar-refractivity contribution in [1.82, 2.24) is 10.2 Å². The number of nitrogens with zero attached hydrogens (tertiary/aromatic N) is 2. The summed E-state index contributed by atoms with van der Waals surface area (Å²) in [5.74, 6) is -0.221. The minimum absolute atomic E-state index is 0.109. The smallest absolute Gasteiger partial charge is 0.407 e. The van der Waals surface area contributed by atoms with Crippen molar-refractivity contribution in [3.8, 4) is 11.9 Å². The number of alkyl carbamates (subject to hydrolysis) is 1. The number of benzene rings is 1. The number of aromatic hydroxyl groups is 1. The Morgan fingerprint density at radius 3 is 2.46 bits per heavy atom. The highest BCUT2D eigenvalue weighted by Gasteiger charge is 2.26. The standard InChI is InChI=1S/C17H23N3O4/c1-4-20(11-18)16(22)15(19-17(23)24-10-12(2)3)9-13-5-7-14(21)8-6-13/h5-8,12,15,21H,4,9-10H2,1-3H3,(H,19,23). The molecular formula is C17H23N3O4. The molecule has 7 nitrogen and oxygen atoms in total. The topological polar surface area (TPSA) is 103 Å². The Kier molecular flexibility index (Phi) is 7.56. The van der Waals surface area contributed by atoms with Crippen molar-refractivity contribution in [2.75, 3.05) is 13.2 Å². The maximum Gasteiger partial charge on any atom is 0.407 e. The number of nitriles is 1. The first-order valence-electron chi connectivity index (χ1n) is 7.79. The molecule has 7 heteroatoms. The van der Waals surface area contributed by atoms with E-state index in [9.17, 15) is 14.7 Å². The third kappa shape index (κ3) is 6.16. The fourth-order valence-electron chi connectivity index (χ4n) is 1.96. The van der Waals surface area contributed by atoms with Crippen LogP contribution in [0.5, 0.6) is 5.75 Å². The van der Waals surface area contributed by atoms with Crippen LogP contribution in [0, 0.1) is 17.4 Å². The molecular weight excluding hydrogens is 310 g/mol. The van der Waals surface area contributed by atoms with E-state index in [1.54, 1.807) is 25.2 Å². The molecule has 0 aliphatic rings. The maximum atomic E-state index is 12.4. The van der Waals surface area contributed by atoms with Gasteiger partial charge in [0, 0.05) is 13.0 Å². The van der Waals surface area contributed by atoms with Crippen LogP contribution in [-0.4, -0.2) is 41.2 Å². The van der Waals surface area contributed by atoms with Crippen molar-refractivity contribution in [2.24, 2.45) is 5.92 Å². The molecule has 1 rings (SSSR count). The molecule has 1 aromatic carbocycles. The predicted molar refractivity (Wildman–Crippen MR) is 87.9 cm³/mol. The van der Waals surface area contributed by atoms with Crippen LogP contribution in [-0.2, 0) is 16.0 Å². The van der Waals surface area contributed by atoms with Crippen LogP contribution in [0.15, 0.2) is 24.3 Å². The molecule has 2 amide bonds. The number of carbonyl (C=O) groups excluding carboxylic acids is 2. The summed E-state index contributed by atoms with van der Waals surface area (Å²) in [6, 6.07) is 5.37. The zero-order valence-electron chi connectivity index (χ0n) is 14.2. The molecule has 0 aromatic heterocycles.